The molecule has 1 aromatic carbocycles. The van der Waals surface area contributed by atoms with Crippen molar-refractivity contribution >= 4 is 46.5 Å². The highest BCUT2D eigenvalue weighted by Crippen LogP contribution is 2.19. The van der Waals surface area contributed by atoms with Crippen LogP contribution in [0.4, 0.5) is 0 Å². The Morgan fingerprint density at radius 1 is 0.929 bits per heavy atom. The van der Waals surface area contributed by atoms with Crippen molar-refractivity contribution < 1.29 is 29.1 Å². The van der Waals surface area contributed by atoms with E-state index in [0.717, 1.165) is 10.9 Å². The van der Waals surface area contributed by atoms with Crippen LogP contribution in [0.1, 0.15) is 45.1 Å². The van der Waals surface area contributed by atoms with Gasteiger partial charge >= 0.3 is 5.97 Å². The molecule has 0 aliphatic heterocycles. The van der Waals surface area contributed by atoms with Gasteiger partial charge < -0.3 is 49.0 Å². The zero-order valence-corrected chi connectivity index (χ0v) is 23.8. The number of primary amides is 1. The molecule has 15 heteroatoms. The van der Waals surface area contributed by atoms with Crippen molar-refractivity contribution in [2.75, 3.05) is 6.54 Å². The molecular weight excluding hydrogens is 546 g/mol. The molecule has 0 saturated heterocycles. The van der Waals surface area contributed by atoms with Crippen LogP contribution in [0.25, 0.3) is 10.9 Å². The largest absolute Gasteiger partial charge is 0.480 e. The van der Waals surface area contributed by atoms with Gasteiger partial charge in [-0.2, -0.15) is 0 Å². The van der Waals surface area contributed by atoms with Gasteiger partial charge in [0.25, 0.3) is 0 Å². The van der Waals surface area contributed by atoms with Crippen LogP contribution in [0.3, 0.4) is 0 Å². The SMILES string of the molecule is CC(C)CC(N)C(=O)NC(CC(N)=O)C(=O)NC(Cc1c[nH]c2ccccc12)C(=O)NC(CCCN=C(N)N)C(=O)O. The number of H-pyrrole nitrogens is 1. The minimum absolute atomic E-state index is 0.0136. The van der Waals surface area contributed by atoms with Crippen molar-refractivity contribution in [3.8, 4) is 0 Å². The van der Waals surface area contributed by atoms with Crippen molar-refractivity contribution in [2.45, 2.75) is 70.1 Å². The molecule has 4 unspecified atom stereocenters. The number of para-hydroxylation sites is 1. The number of amides is 4. The predicted octanol–water partition coefficient (Wildman–Crippen LogP) is -1.45. The molecule has 0 aliphatic carbocycles. The quantitative estimate of drug-likeness (QED) is 0.0594. The van der Waals surface area contributed by atoms with E-state index in [4.69, 9.17) is 22.9 Å². The van der Waals surface area contributed by atoms with Gasteiger partial charge in [0.1, 0.15) is 18.1 Å². The highest BCUT2D eigenvalue weighted by atomic mass is 16.4. The highest BCUT2D eigenvalue weighted by molar-refractivity contribution is 5.96. The Labute approximate surface area is 243 Å². The van der Waals surface area contributed by atoms with Crippen molar-refractivity contribution in [3.05, 3.63) is 36.0 Å². The minimum atomic E-state index is -1.42. The van der Waals surface area contributed by atoms with Gasteiger partial charge in [0, 0.05) is 30.1 Å². The molecule has 0 aliphatic rings. The number of guanidine groups is 1. The van der Waals surface area contributed by atoms with Crippen LogP contribution >= 0.6 is 0 Å². The van der Waals surface area contributed by atoms with Gasteiger partial charge in [0.2, 0.25) is 23.6 Å². The van der Waals surface area contributed by atoms with E-state index in [0.29, 0.717) is 12.0 Å². The number of nitrogens with two attached hydrogens (primary N) is 4. The third kappa shape index (κ3) is 10.7. The molecule has 15 nitrogen and oxygen atoms in total. The summed E-state index contributed by atoms with van der Waals surface area (Å²) in [7, 11) is 0. The van der Waals surface area contributed by atoms with E-state index < -0.39 is 60.2 Å². The summed E-state index contributed by atoms with van der Waals surface area (Å²) in [4.78, 5) is 69.9. The number of carbonyl (C=O) groups is 5. The Bertz CT molecular complexity index is 1290. The van der Waals surface area contributed by atoms with Gasteiger partial charge in [-0.25, -0.2) is 4.79 Å². The third-order valence-electron chi connectivity index (χ3n) is 6.39. The van der Waals surface area contributed by atoms with Crippen molar-refractivity contribution in [3.63, 3.8) is 0 Å². The first-order chi connectivity index (χ1) is 19.8. The Morgan fingerprint density at radius 3 is 2.17 bits per heavy atom. The number of nitrogens with zero attached hydrogens (tertiary/aromatic N) is 1. The predicted molar refractivity (Wildman–Crippen MR) is 157 cm³/mol. The lowest BCUT2D eigenvalue weighted by molar-refractivity contribution is -0.142. The molecule has 0 radical (unpaired) electrons. The summed E-state index contributed by atoms with van der Waals surface area (Å²) in [6.07, 6.45) is 1.70. The molecule has 4 atom stereocenters. The van der Waals surface area contributed by atoms with Crippen LogP contribution in [0.15, 0.2) is 35.5 Å². The first-order valence-electron chi connectivity index (χ1n) is 13.6. The van der Waals surface area contributed by atoms with Gasteiger partial charge in [-0.05, 0) is 36.8 Å². The number of hydrogen-bond acceptors (Lipinski definition) is 7. The molecule has 230 valence electrons. The number of aromatic amines is 1. The molecule has 13 N–H and O–H groups in total. The number of aliphatic imine (C=N–C) groups is 1. The van der Waals surface area contributed by atoms with Crippen molar-refractivity contribution in [1.82, 2.24) is 20.9 Å². The summed E-state index contributed by atoms with van der Waals surface area (Å²) in [6.45, 7) is 3.91. The summed E-state index contributed by atoms with van der Waals surface area (Å²) >= 11 is 0. The molecule has 1 aromatic heterocycles. The van der Waals surface area contributed by atoms with E-state index in [-0.39, 0.29) is 37.7 Å². The lowest BCUT2D eigenvalue weighted by Gasteiger charge is -2.25. The molecule has 2 aromatic rings. The summed E-state index contributed by atoms with van der Waals surface area (Å²) in [6, 6.07) is 2.36. The maximum atomic E-state index is 13.4. The Hall–Kier alpha value is -4.66. The normalized spacial score (nSPS) is 13.9. The summed E-state index contributed by atoms with van der Waals surface area (Å²) < 4.78 is 0. The van der Waals surface area contributed by atoms with E-state index in [1.54, 1.807) is 6.20 Å². The Kier molecular flexibility index (Phi) is 12.7. The van der Waals surface area contributed by atoms with Crippen molar-refractivity contribution in [1.29, 1.82) is 0 Å². The molecule has 0 fully saturated rings. The lowest BCUT2D eigenvalue weighted by atomic mass is 10.0. The fraction of sp³-hybridized carbons (Fsp3) is 0.481. The average Bonchev–Trinajstić information content (AvgIpc) is 3.31. The van der Waals surface area contributed by atoms with E-state index >= 15 is 0 Å². The first-order valence-corrected chi connectivity index (χ1v) is 13.6. The number of carbonyl (C=O) groups excluding carboxylic acids is 4. The second-order valence-electron chi connectivity index (χ2n) is 10.4. The second-order valence-corrected chi connectivity index (χ2v) is 10.4. The molecule has 0 bridgehead atoms. The number of aliphatic carboxylic acids is 1. The fourth-order valence-electron chi connectivity index (χ4n) is 4.34. The summed E-state index contributed by atoms with van der Waals surface area (Å²) in [5.41, 5.74) is 23.3. The summed E-state index contributed by atoms with van der Waals surface area (Å²) in [5, 5.41) is 17.9. The van der Waals surface area contributed by atoms with Gasteiger partial charge in [0.05, 0.1) is 12.5 Å². The number of aromatic nitrogens is 1. The average molecular weight is 588 g/mol. The standard InChI is InChI=1S/C27H41N9O6/c1-14(2)10-17(28)23(38)35-21(12-22(29)37)25(40)36-20(11-15-13-33-18-7-4-3-6-16(15)18)24(39)34-19(26(41)42)8-5-9-32-27(30)31/h3-4,6-7,13-14,17,19-21,33H,5,8-12,28H2,1-2H3,(H2,29,37)(H,34,39)(H,35,38)(H,36,40)(H,41,42)(H4,30,31,32). The van der Waals surface area contributed by atoms with E-state index in [1.165, 1.54) is 0 Å². The molecule has 0 saturated carbocycles. The van der Waals surface area contributed by atoms with E-state index in [1.807, 2.05) is 38.1 Å². The van der Waals surface area contributed by atoms with Crippen molar-refractivity contribution in [2.24, 2.45) is 33.8 Å². The van der Waals surface area contributed by atoms with Gasteiger partial charge in [-0.15, -0.1) is 0 Å². The number of hydrogen-bond donors (Lipinski definition) is 9. The Balaban J connectivity index is 2.30. The number of carboxylic acids is 1. The fourth-order valence-corrected chi connectivity index (χ4v) is 4.34. The van der Waals surface area contributed by atoms with Crippen LogP contribution in [0.5, 0.6) is 0 Å². The van der Waals surface area contributed by atoms with Crippen LogP contribution < -0.4 is 38.9 Å². The molecule has 0 spiro atoms. The number of fused-ring (bicyclic) bond motifs is 1. The number of nitrogens with one attached hydrogen (secondary N) is 4. The zero-order chi connectivity index (χ0) is 31.4. The van der Waals surface area contributed by atoms with Gasteiger partial charge in [-0.1, -0.05) is 32.0 Å². The maximum absolute atomic E-state index is 13.4. The molecule has 4 amide bonds. The molecular formula is C27H41N9O6. The highest BCUT2D eigenvalue weighted by Gasteiger charge is 2.31. The van der Waals surface area contributed by atoms with Gasteiger partial charge in [0.15, 0.2) is 5.96 Å². The molecule has 42 heavy (non-hydrogen) atoms. The molecule has 2 rings (SSSR count). The monoisotopic (exact) mass is 587 g/mol. The maximum Gasteiger partial charge on any atom is 0.326 e. The van der Waals surface area contributed by atoms with Crippen LogP contribution in [0.2, 0.25) is 0 Å². The van der Waals surface area contributed by atoms with E-state index in [9.17, 15) is 29.1 Å². The van der Waals surface area contributed by atoms with Gasteiger partial charge in [-0.3, -0.25) is 24.2 Å². The number of rotatable bonds is 17. The Morgan fingerprint density at radius 2 is 1.55 bits per heavy atom. The third-order valence-corrected chi connectivity index (χ3v) is 6.39. The number of benzene rings is 1. The zero-order valence-electron chi connectivity index (χ0n) is 23.8. The van der Waals surface area contributed by atoms with Crippen LogP contribution in [-0.4, -0.2) is 76.4 Å². The van der Waals surface area contributed by atoms with Crippen LogP contribution in [0, 0.1) is 5.92 Å². The molecule has 1 heterocycles. The first kappa shape index (κ1) is 33.5. The second kappa shape index (κ2) is 16.0. The topological polar surface area (TPSA) is 274 Å². The number of carboxylic acid groups (broad SMARTS) is 1. The van der Waals surface area contributed by atoms with E-state index in [2.05, 4.69) is 25.9 Å². The lowest BCUT2D eigenvalue weighted by Crippen LogP contribution is -2.58. The minimum Gasteiger partial charge on any atom is -0.480 e. The van der Waals surface area contributed by atoms with Crippen LogP contribution in [-0.2, 0) is 30.4 Å². The summed E-state index contributed by atoms with van der Waals surface area (Å²) in [5.74, 6) is -4.51. The smallest absolute Gasteiger partial charge is 0.326 e.